The maximum absolute atomic E-state index is 12.4. The molecule has 0 saturated carbocycles. The van der Waals surface area contributed by atoms with Gasteiger partial charge in [0, 0.05) is 25.1 Å². The van der Waals surface area contributed by atoms with Crippen LogP contribution in [0.25, 0.3) is 0 Å². The quantitative estimate of drug-likeness (QED) is 0.856. The van der Waals surface area contributed by atoms with Gasteiger partial charge >= 0.3 is 0 Å². The van der Waals surface area contributed by atoms with Crippen LogP contribution in [0.3, 0.4) is 0 Å². The molecule has 0 bridgehead atoms. The molecule has 0 fully saturated rings. The highest BCUT2D eigenvalue weighted by atomic mass is 32.2. The van der Waals surface area contributed by atoms with Gasteiger partial charge in [-0.05, 0) is 37.3 Å². The smallest absolute Gasteiger partial charge is 0.265 e. The number of pyridine rings is 1. The average Bonchev–Trinajstić information content (AvgIpc) is 2.49. The van der Waals surface area contributed by atoms with Gasteiger partial charge in [0.25, 0.3) is 10.0 Å². The Morgan fingerprint density at radius 2 is 1.90 bits per heavy atom. The summed E-state index contributed by atoms with van der Waals surface area (Å²) in [6.45, 7) is 2.45. The van der Waals surface area contributed by atoms with Gasteiger partial charge in [-0.1, -0.05) is 0 Å². The van der Waals surface area contributed by atoms with Crippen LogP contribution in [0.5, 0.6) is 5.75 Å². The highest BCUT2D eigenvalue weighted by Gasteiger charge is 2.18. The fourth-order valence-corrected chi connectivity index (χ4v) is 3.01. The van der Waals surface area contributed by atoms with E-state index in [2.05, 4.69) is 15.0 Å². The first-order chi connectivity index (χ1) is 10.1. The number of aromatic nitrogens is 1. The highest BCUT2D eigenvalue weighted by molar-refractivity contribution is 7.92. The molecule has 2 aromatic rings. The lowest BCUT2D eigenvalue weighted by Gasteiger charge is -2.12. The molecule has 0 unspecified atom stereocenters. The van der Waals surface area contributed by atoms with E-state index in [-0.39, 0.29) is 4.90 Å². The number of hydrogen-bond donors (Lipinski definition) is 2. The summed E-state index contributed by atoms with van der Waals surface area (Å²) >= 11 is 0. The zero-order valence-electron chi connectivity index (χ0n) is 11.8. The van der Waals surface area contributed by atoms with Crippen molar-refractivity contribution in [3.8, 4) is 5.75 Å². The Balaban J connectivity index is 2.24. The van der Waals surface area contributed by atoms with Crippen LogP contribution in [0, 0.1) is 0 Å². The number of anilines is 2. The van der Waals surface area contributed by atoms with Gasteiger partial charge in [-0.3, -0.25) is 9.71 Å². The van der Waals surface area contributed by atoms with Crippen LogP contribution in [0.4, 0.5) is 11.4 Å². The fraction of sp³-hybridized carbons (Fsp3) is 0.214. The molecule has 0 radical (unpaired) electrons. The Morgan fingerprint density at radius 3 is 2.52 bits per heavy atom. The maximum atomic E-state index is 12.4. The lowest BCUT2D eigenvalue weighted by molar-refractivity contribution is 0.340. The van der Waals surface area contributed by atoms with Gasteiger partial charge in [-0.15, -0.1) is 0 Å². The molecule has 6 nitrogen and oxygen atoms in total. The predicted octanol–water partition coefficient (Wildman–Crippen LogP) is 2.32. The van der Waals surface area contributed by atoms with E-state index >= 15 is 0 Å². The summed E-state index contributed by atoms with van der Waals surface area (Å²) in [4.78, 5) is 3.96. The van der Waals surface area contributed by atoms with Crippen LogP contribution in [0.1, 0.15) is 6.92 Å². The van der Waals surface area contributed by atoms with Gasteiger partial charge in [0.05, 0.1) is 12.3 Å². The van der Waals surface area contributed by atoms with Crippen LogP contribution >= 0.6 is 0 Å². The minimum atomic E-state index is -3.70. The van der Waals surface area contributed by atoms with Crippen molar-refractivity contribution in [3.63, 3.8) is 0 Å². The number of benzene rings is 1. The summed E-state index contributed by atoms with van der Waals surface area (Å²) in [5, 5.41) is 2.83. The molecular weight excluding hydrogens is 290 g/mol. The number of rotatable bonds is 6. The Bertz CT molecular complexity index is 700. The Kier molecular flexibility index (Phi) is 4.64. The number of nitrogens with one attached hydrogen (secondary N) is 2. The van der Waals surface area contributed by atoms with Gasteiger partial charge in [-0.25, -0.2) is 8.42 Å². The first kappa shape index (κ1) is 15.1. The molecule has 112 valence electrons. The van der Waals surface area contributed by atoms with E-state index in [1.54, 1.807) is 37.4 Å². The van der Waals surface area contributed by atoms with Crippen molar-refractivity contribution in [2.45, 2.75) is 11.8 Å². The molecule has 1 aromatic carbocycles. The monoisotopic (exact) mass is 307 g/mol. The van der Waals surface area contributed by atoms with E-state index in [1.165, 1.54) is 12.4 Å². The molecule has 0 aliphatic heterocycles. The topological polar surface area (TPSA) is 80.3 Å². The van der Waals surface area contributed by atoms with Crippen molar-refractivity contribution in [1.29, 1.82) is 0 Å². The minimum Gasteiger partial charge on any atom is -0.494 e. The number of nitrogens with zero attached hydrogens (tertiary/aromatic N) is 1. The largest absolute Gasteiger partial charge is 0.494 e. The molecule has 7 heteroatoms. The van der Waals surface area contributed by atoms with Crippen molar-refractivity contribution in [1.82, 2.24) is 4.98 Å². The molecule has 1 heterocycles. The third-order valence-corrected chi connectivity index (χ3v) is 4.17. The molecule has 2 rings (SSSR count). The zero-order chi connectivity index (χ0) is 15.3. The average molecular weight is 307 g/mol. The van der Waals surface area contributed by atoms with Crippen molar-refractivity contribution in [3.05, 3.63) is 42.7 Å². The Hall–Kier alpha value is -2.28. The molecule has 0 saturated heterocycles. The molecule has 21 heavy (non-hydrogen) atoms. The van der Waals surface area contributed by atoms with E-state index in [0.717, 1.165) is 0 Å². The number of ether oxygens (including phenoxy) is 1. The second-order valence-corrected chi connectivity index (χ2v) is 5.84. The van der Waals surface area contributed by atoms with Crippen LogP contribution in [0.15, 0.2) is 47.6 Å². The molecule has 0 aliphatic rings. The second kappa shape index (κ2) is 6.45. The van der Waals surface area contributed by atoms with Gasteiger partial charge in [0.2, 0.25) is 0 Å². The number of sulfonamides is 1. The molecule has 0 aliphatic carbocycles. The maximum Gasteiger partial charge on any atom is 0.265 e. The second-order valence-electron chi connectivity index (χ2n) is 4.18. The molecule has 2 N–H and O–H groups in total. The third kappa shape index (κ3) is 3.63. The number of hydrogen-bond acceptors (Lipinski definition) is 5. The summed E-state index contributed by atoms with van der Waals surface area (Å²) in [6.07, 6.45) is 2.84. The van der Waals surface area contributed by atoms with Gasteiger partial charge in [0.1, 0.15) is 10.6 Å². The molecule has 0 amide bonds. The van der Waals surface area contributed by atoms with E-state index in [4.69, 9.17) is 4.74 Å². The molecule has 0 spiro atoms. The third-order valence-electron chi connectivity index (χ3n) is 2.76. The highest BCUT2D eigenvalue weighted by Crippen LogP contribution is 2.23. The fourth-order valence-electron chi connectivity index (χ4n) is 1.80. The van der Waals surface area contributed by atoms with E-state index < -0.39 is 10.0 Å². The van der Waals surface area contributed by atoms with Crippen LogP contribution in [-0.2, 0) is 10.0 Å². The zero-order valence-corrected chi connectivity index (χ0v) is 12.6. The summed E-state index contributed by atoms with van der Waals surface area (Å²) in [6, 6.07) is 8.33. The Morgan fingerprint density at radius 1 is 1.19 bits per heavy atom. The van der Waals surface area contributed by atoms with Crippen LogP contribution in [0.2, 0.25) is 0 Å². The van der Waals surface area contributed by atoms with Gasteiger partial charge in [0.15, 0.2) is 0 Å². The molecule has 0 atom stereocenters. The van der Waals surface area contributed by atoms with E-state index in [1.807, 2.05) is 6.92 Å². The van der Waals surface area contributed by atoms with Crippen molar-refractivity contribution in [2.24, 2.45) is 0 Å². The summed E-state index contributed by atoms with van der Waals surface area (Å²) in [5.74, 6) is 0.692. The first-order valence-electron chi connectivity index (χ1n) is 6.44. The van der Waals surface area contributed by atoms with Crippen molar-refractivity contribution < 1.29 is 13.2 Å². The minimum absolute atomic E-state index is 0.0985. The summed E-state index contributed by atoms with van der Waals surface area (Å²) < 4.78 is 32.6. The summed E-state index contributed by atoms with van der Waals surface area (Å²) in [5.41, 5.74) is 0.952. The van der Waals surface area contributed by atoms with E-state index in [0.29, 0.717) is 23.7 Å². The van der Waals surface area contributed by atoms with Crippen molar-refractivity contribution in [2.75, 3.05) is 23.7 Å². The van der Waals surface area contributed by atoms with Crippen LogP contribution in [-0.4, -0.2) is 27.1 Å². The van der Waals surface area contributed by atoms with Crippen molar-refractivity contribution >= 4 is 21.4 Å². The lowest BCUT2D eigenvalue weighted by Crippen LogP contribution is -2.15. The SMILES string of the molecule is CCOc1ccc(NS(=O)(=O)c2cnccc2NC)cc1. The molecular formula is C14H17N3O3S. The van der Waals surface area contributed by atoms with E-state index in [9.17, 15) is 8.42 Å². The first-order valence-corrected chi connectivity index (χ1v) is 7.92. The lowest BCUT2D eigenvalue weighted by atomic mass is 10.3. The Labute approximate surface area is 124 Å². The van der Waals surface area contributed by atoms with Gasteiger partial charge in [-0.2, -0.15) is 0 Å². The van der Waals surface area contributed by atoms with Crippen LogP contribution < -0.4 is 14.8 Å². The van der Waals surface area contributed by atoms with Gasteiger partial charge < -0.3 is 10.1 Å². The standard InChI is InChI=1S/C14H17N3O3S/c1-3-20-12-6-4-11(5-7-12)17-21(18,19)14-10-16-9-8-13(14)15-2/h4-10,17H,3H2,1-2H3,(H,15,16). The predicted molar refractivity (Wildman–Crippen MR) is 82.2 cm³/mol. The normalized spacial score (nSPS) is 11.0. The summed E-state index contributed by atoms with van der Waals surface area (Å²) in [7, 11) is -2.04. The molecule has 1 aromatic heterocycles.